The highest BCUT2D eigenvalue weighted by molar-refractivity contribution is 6.33. The van der Waals surface area contributed by atoms with Crippen LogP contribution in [0.2, 0.25) is 0 Å². The Morgan fingerprint density at radius 3 is 2.40 bits per heavy atom. The molecule has 0 radical (unpaired) electrons. The number of hydrogen-bond acceptors (Lipinski definition) is 2. The number of alkyl halides is 2. The van der Waals surface area contributed by atoms with Gasteiger partial charge in [0.25, 0.3) is 0 Å². The van der Waals surface area contributed by atoms with Gasteiger partial charge in [-0.3, -0.25) is 4.79 Å². The first-order valence-electron chi connectivity index (χ1n) is 4.92. The zero-order chi connectivity index (χ0) is 11.7. The summed E-state index contributed by atoms with van der Waals surface area (Å²) in [6, 6.07) is 1.81. The third-order valence-corrected chi connectivity index (χ3v) is 2.95. The molecule has 3 nitrogen and oxygen atoms in total. The summed E-state index contributed by atoms with van der Waals surface area (Å²) in [5, 5.41) is 17.3. The van der Waals surface area contributed by atoms with Crippen LogP contribution in [0.1, 0.15) is 38.5 Å². The van der Waals surface area contributed by atoms with Crippen LogP contribution >= 0.6 is 23.2 Å². The molecule has 1 unspecified atom stereocenters. The topological polar surface area (TPSA) is 61.1 Å². The molecule has 1 N–H and O–H groups in total. The molecule has 0 aromatic rings. The second kappa shape index (κ2) is 7.78. The molecular weight excluding hydrogens is 237 g/mol. The minimum atomic E-state index is -1.41. The zero-order valence-electron chi connectivity index (χ0n) is 8.51. The van der Waals surface area contributed by atoms with Crippen LogP contribution in [0.25, 0.3) is 0 Å². The highest BCUT2D eigenvalue weighted by Gasteiger charge is 2.35. The second-order valence-corrected chi connectivity index (χ2v) is 4.56. The van der Waals surface area contributed by atoms with Gasteiger partial charge in [0.1, 0.15) is 0 Å². The van der Waals surface area contributed by atoms with Crippen molar-refractivity contribution in [2.75, 3.05) is 5.88 Å². The van der Waals surface area contributed by atoms with E-state index in [9.17, 15) is 4.79 Å². The van der Waals surface area contributed by atoms with Crippen LogP contribution < -0.4 is 0 Å². The molecule has 0 aliphatic heterocycles. The van der Waals surface area contributed by atoms with Crippen LogP contribution in [0.4, 0.5) is 0 Å². The number of unbranched alkanes of at least 4 members (excludes halogenated alkanes) is 3. The maximum Gasteiger partial charge on any atom is 0.325 e. The zero-order valence-corrected chi connectivity index (χ0v) is 10.0. The monoisotopic (exact) mass is 251 g/mol. The Morgan fingerprint density at radius 1 is 1.33 bits per heavy atom. The highest BCUT2D eigenvalue weighted by Crippen LogP contribution is 2.27. The Morgan fingerprint density at radius 2 is 1.93 bits per heavy atom. The lowest BCUT2D eigenvalue weighted by atomic mass is 9.97. The van der Waals surface area contributed by atoms with Gasteiger partial charge in [0.05, 0.1) is 12.5 Å². The van der Waals surface area contributed by atoms with Crippen LogP contribution in [0.3, 0.4) is 0 Å². The Balaban J connectivity index is 3.88. The third kappa shape index (κ3) is 5.86. The van der Waals surface area contributed by atoms with E-state index in [-0.39, 0.29) is 6.42 Å². The first kappa shape index (κ1) is 14.5. The highest BCUT2D eigenvalue weighted by atomic mass is 35.5. The smallest absolute Gasteiger partial charge is 0.325 e. The van der Waals surface area contributed by atoms with E-state index in [4.69, 9.17) is 33.6 Å². The number of carboxylic acids is 1. The fourth-order valence-corrected chi connectivity index (χ4v) is 1.63. The van der Waals surface area contributed by atoms with E-state index in [2.05, 4.69) is 0 Å². The summed E-state index contributed by atoms with van der Waals surface area (Å²) in [6.07, 6.45) is 3.71. The van der Waals surface area contributed by atoms with Gasteiger partial charge in [0.15, 0.2) is 4.87 Å². The molecule has 0 aliphatic rings. The van der Waals surface area contributed by atoms with Crippen molar-refractivity contribution in [1.29, 1.82) is 5.26 Å². The molecule has 0 amide bonds. The predicted octanol–water partition coefficient (Wildman–Crippen LogP) is 3.15. The maximum absolute atomic E-state index is 10.8. The standard InChI is InChI=1S/C10H15Cl2NO2/c11-7-4-2-1-3-5-10(12,6-8-13)9(14)15/h1-7H2,(H,14,15). The lowest BCUT2D eigenvalue weighted by Gasteiger charge is -2.18. The van der Waals surface area contributed by atoms with E-state index in [0.29, 0.717) is 18.7 Å². The van der Waals surface area contributed by atoms with Crippen LogP contribution in [-0.4, -0.2) is 21.8 Å². The number of hydrogen-bond donors (Lipinski definition) is 1. The number of carbonyl (C=O) groups is 1. The minimum absolute atomic E-state index is 0.153. The first-order valence-corrected chi connectivity index (χ1v) is 5.83. The van der Waals surface area contributed by atoms with Gasteiger partial charge in [-0.15, -0.1) is 23.2 Å². The van der Waals surface area contributed by atoms with E-state index in [0.717, 1.165) is 19.3 Å². The van der Waals surface area contributed by atoms with E-state index < -0.39 is 10.8 Å². The Hall–Kier alpha value is -0.460. The largest absolute Gasteiger partial charge is 0.480 e. The van der Waals surface area contributed by atoms with Crippen molar-refractivity contribution < 1.29 is 9.90 Å². The van der Waals surface area contributed by atoms with Gasteiger partial charge in [-0.2, -0.15) is 5.26 Å². The second-order valence-electron chi connectivity index (χ2n) is 3.46. The van der Waals surface area contributed by atoms with Crippen LogP contribution in [-0.2, 0) is 4.79 Å². The summed E-state index contributed by atoms with van der Waals surface area (Å²) >= 11 is 11.3. The number of aliphatic carboxylic acids is 1. The SMILES string of the molecule is N#CCC(Cl)(CCCCCCCl)C(=O)O. The molecule has 0 aliphatic carbocycles. The van der Waals surface area contributed by atoms with Gasteiger partial charge < -0.3 is 5.11 Å². The van der Waals surface area contributed by atoms with Crippen molar-refractivity contribution in [3.8, 4) is 6.07 Å². The van der Waals surface area contributed by atoms with Crippen molar-refractivity contribution in [3.05, 3.63) is 0 Å². The average molecular weight is 252 g/mol. The number of carboxylic acid groups (broad SMARTS) is 1. The van der Waals surface area contributed by atoms with E-state index in [1.807, 2.05) is 6.07 Å². The minimum Gasteiger partial charge on any atom is -0.480 e. The van der Waals surface area contributed by atoms with Crippen molar-refractivity contribution in [1.82, 2.24) is 0 Å². The third-order valence-electron chi connectivity index (χ3n) is 2.20. The molecule has 0 aromatic heterocycles. The molecule has 0 heterocycles. The number of halogens is 2. The maximum atomic E-state index is 10.8. The van der Waals surface area contributed by atoms with E-state index in [1.165, 1.54) is 0 Å². The molecule has 5 heteroatoms. The predicted molar refractivity (Wildman–Crippen MR) is 60.3 cm³/mol. The summed E-state index contributed by atoms with van der Waals surface area (Å²) in [7, 11) is 0. The summed E-state index contributed by atoms with van der Waals surface area (Å²) in [5.74, 6) is -0.480. The normalized spacial score (nSPS) is 14.2. The van der Waals surface area contributed by atoms with Crippen LogP contribution in [0.5, 0.6) is 0 Å². The number of nitriles is 1. The molecule has 86 valence electrons. The van der Waals surface area contributed by atoms with Gasteiger partial charge in [0.2, 0.25) is 0 Å². The molecule has 1 atom stereocenters. The lowest BCUT2D eigenvalue weighted by Crippen LogP contribution is -2.31. The van der Waals surface area contributed by atoms with Gasteiger partial charge in [-0.25, -0.2) is 0 Å². The summed E-state index contributed by atoms with van der Waals surface area (Å²) in [5.41, 5.74) is 0. The fraction of sp³-hybridized carbons (Fsp3) is 0.800. The molecule has 15 heavy (non-hydrogen) atoms. The van der Waals surface area contributed by atoms with Crippen LogP contribution in [0.15, 0.2) is 0 Å². The molecular formula is C10H15Cl2NO2. The van der Waals surface area contributed by atoms with Crippen LogP contribution in [0, 0.1) is 11.3 Å². The van der Waals surface area contributed by atoms with Gasteiger partial charge >= 0.3 is 5.97 Å². The molecule has 0 rings (SSSR count). The van der Waals surface area contributed by atoms with Crippen molar-refractivity contribution in [2.45, 2.75) is 43.4 Å². The Labute approximate surface area is 100.0 Å². The van der Waals surface area contributed by atoms with Gasteiger partial charge in [0, 0.05) is 5.88 Å². The van der Waals surface area contributed by atoms with E-state index in [1.54, 1.807) is 0 Å². The summed E-state index contributed by atoms with van der Waals surface area (Å²) < 4.78 is 0. The van der Waals surface area contributed by atoms with Crippen molar-refractivity contribution >= 4 is 29.2 Å². The molecule has 0 saturated carbocycles. The Kier molecular flexibility index (Phi) is 7.54. The summed E-state index contributed by atoms with van der Waals surface area (Å²) in [4.78, 5) is 9.42. The molecule has 0 saturated heterocycles. The molecule has 0 fully saturated rings. The molecule has 0 spiro atoms. The molecule has 0 aromatic carbocycles. The average Bonchev–Trinajstić information content (AvgIpc) is 2.18. The van der Waals surface area contributed by atoms with Crippen molar-refractivity contribution in [2.24, 2.45) is 0 Å². The summed E-state index contributed by atoms with van der Waals surface area (Å²) in [6.45, 7) is 0. The first-order chi connectivity index (χ1) is 7.06. The lowest BCUT2D eigenvalue weighted by molar-refractivity contribution is -0.140. The van der Waals surface area contributed by atoms with Gasteiger partial charge in [-0.1, -0.05) is 19.3 Å². The number of rotatable bonds is 8. The number of nitrogens with zero attached hydrogens (tertiary/aromatic N) is 1. The van der Waals surface area contributed by atoms with E-state index >= 15 is 0 Å². The quantitative estimate of drug-likeness (QED) is 0.533. The Bertz CT molecular complexity index is 240. The van der Waals surface area contributed by atoms with Gasteiger partial charge in [-0.05, 0) is 12.8 Å². The molecule has 0 bridgehead atoms. The van der Waals surface area contributed by atoms with Crippen molar-refractivity contribution in [3.63, 3.8) is 0 Å². The fourth-order valence-electron chi connectivity index (χ4n) is 1.25.